The molecule has 1 aromatic carbocycles. The molecule has 26 heavy (non-hydrogen) atoms. The van der Waals surface area contributed by atoms with Crippen molar-refractivity contribution in [1.82, 2.24) is 4.98 Å². The molecule has 0 spiro atoms. The smallest absolute Gasteiger partial charge is 0.330 e. The van der Waals surface area contributed by atoms with Crippen LogP contribution in [0.2, 0.25) is 0 Å². The van der Waals surface area contributed by atoms with Gasteiger partial charge in [-0.05, 0) is 36.8 Å². The van der Waals surface area contributed by atoms with E-state index in [1.165, 1.54) is 17.9 Å². The molecule has 1 fully saturated rings. The van der Waals surface area contributed by atoms with Crippen molar-refractivity contribution in [1.29, 1.82) is 0 Å². The Labute approximate surface area is 157 Å². The Morgan fingerprint density at radius 1 is 1.46 bits per heavy atom. The van der Waals surface area contributed by atoms with E-state index in [9.17, 15) is 9.59 Å². The van der Waals surface area contributed by atoms with Crippen molar-refractivity contribution in [2.45, 2.75) is 38.7 Å². The molecule has 1 aromatic heterocycles. The van der Waals surface area contributed by atoms with E-state index in [2.05, 4.69) is 22.7 Å². The Morgan fingerprint density at radius 3 is 3.04 bits per heavy atom. The molecular weight excluding hydrogens is 350 g/mol. The van der Waals surface area contributed by atoms with E-state index in [1.807, 2.05) is 18.2 Å². The van der Waals surface area contributed by atoms with Crippen molar-refractivity contribution in [2.75, 3.05) is 7.11 Å². The number of nitrogens with zero attached hydrogens (tertiary/aromatic N) is 1. The summed E-state index contributed by atoms with van der Waals surface area (Å²) in [6.45, 7) is 2.11. The van der Waals surface area contributed by atoms with Crippen LogP contribution in [0.25, 0.3) is 10.2 Å². The summed E-state index contributed by atoms with van der Waals surface area (Å²) in [5, 5.41) is 1.07. The third-order valence-corrected chi connectivity index (χ3v) is 5.76. The zero-order valence-electron chi connectivity index (χ0n) is 15.0. The lowest BCUT2D eigenvalue weighted by molar-refractivity contribution is -0.160. The minimum absolute atomic E-state index is 0.111. The highest BCUT2D eigenvalue weighted by Gasteiger charge is 2.32. The number of fused-ring (bicyclic) bond motifs is 1. The summed E-state index contributed by atoms with van der Waals surface area (Å²) >= 11 is 1.70. The van der Waals surface area contributed by atoms with Gasteiger partial charge in [0.25, 0.3) is 0 Å². The lowest BCUT2D eigenvalue weighted by atomic mass is 9.86. The third-order valence-electron chi connectivity index (χ3n) is 4.70. The second-order valence-corrected chi connectivity index (χ2v) is 7.87. The average Bonchev–Trinajstić information content (AvgIpc) is 3.03. The molecule has 1 aliphatic rings. The fourth-order valence-corrected chi connectivity index (χ4v) is 4.39. The first kappa shape index (κ1) is 18.6. The van der Waals surface area contributed by atoms with Gasteiger partial charge in [-0.1, -0.05) is 25.1 Å². The second-order valence-electron chi connectivity index (χ2n) is 6.75. The molecule has 0 radical (unpaired) electrons. The Hall–Kier alpha value is -2.21. The molecule has 6 heteroatoms. The molecule has 3 atom stereocenters. The Bertz CT molecular complexity index is 780. The lowest BCUT2D eigenvalue weighted by Crippen LogP contribution is -2.34. The van der Waals surface area contributed by atoms with E-state index in [1.54, 1.807) is 17.4 Å². The average molecular weight is 373 g/mol. The highest BCUT2D eigenvalue weighted by atomic mass is 32.1. The molecule has 5 nitrogen and oxygen atoms in total. The van der Waals surface area contributed by atoms with Crippen LogP contribution in [0.3, 0.4) is 0 Å². The topological polar surface area (TPSA) is 65.5 Å². The predicted molar refractivity (Wildman–Crippen MR) is 101 cm³/mol. The minimum Gasteiger partial charge on any atom is -0.466 e. The van der Waals surface area contributed by atoms with Crippen molar-refractivity contribution in [3.05, 3.63) is 41.4 Å². The van der Waals surface area contributed by atoms with E-state index in [0.29, 0.717) is 12.8 Å². The van der Waals surface area contributed by atoms with Gasteiger partial charge >= 0.3 is 11.9 Å². The van der Waals surface area contributed by atoms with Crippen LogP contribution in [0.1, 0.15) is 31.2 Å². The summed E-state index contributed by atoms with van der Waals surface area (Å²) in [6.07, 6.45) is 5.76. The van der Waals surface area contributed by atoms with Crippen LogP contribution < -0.4 is 0 Å². The number of hydrogen-bond donors (Lipinski definition) is 0. The van der Waals surface area contributed by atoms with Crippen LogP contribution in [0.4, 0.5) is 0 Å². The number of ether oxygens (including phenoxy) is 2. The van der Waals surface area contributed by atoms with Crippen LogP contribution >= 0.6 is 11.3 Å². The van der Waals surface area contributed by atoms with E-state index >= 15 is 0 Å². The number of allylic oxidation sites excluding steroid dienone is 1. The van der Waals surface area contributed by atoms with Crippen molar-refractivity contribution in [3.8, 4) is 0 Å². The van der Waals surface area contributed by atoms with Gasteiger partial charge in [0.05, 0.1) is 22.3 Å². The molecule has 0 unspecified atom stereocenters. The molecule has 0 amide bonds. The van der Waals surface area contributed by atoms with E-state index in [0.717, 1.165) is 23.4 Å². The normalized spacial score (nSPS) is 21.7. The summed E-state index contributed by atoms with van der Waals surface area (Å²) in [5.74, 6) is -0.134. The number of cyclic esters (lactones) is 1. The Balaban J connectivity index is 1.60. The summed E-state index contributed by atoms with van der Waals surface area (Å²) in [7, 11) is 1.35. The van der Waals surface area contributed by atoms with E-state index in [4.69, 9.17) is 4.74 Å². The molecule has 1 aliphatic heterocycles. The quantitative estimate of drug-likeness (QED) is 0.567. The van der Waals surface area contributed by atoms with Gasteiger partial charge in [0, 0.05) is 18.9 Å². The summed E-state index contributed by atoms with van der Waals surface area (Å²) in [6, 6.07) is 8.10. The van der Waals surface area contributed by atoms with Crippen LogP contribution in [-0.2, 0) is 25.5 Å². The van der Waals surface area contributed by atoms with Gasteiger partial charge in [-0.2, -0.15) is 0 Å². The molecule has 0 aliphatic carbocycles. The number of aromatic nitrogens is 1. The van der Waals surface area contributed by atoms with Crippen LogP contribution in [-0.4, -0.2) is 30.1 Å². The zero-order valence-corrected chi connectivity index (χ0v) is 15.8. The van der Waals surface area contributed by atoms with Crippen LogP contribution in [0.5, 0.6) is 0 Å². The van der Waals surface area contributed by atoms with Crippen LogP contribution in [0.15, 0.2) is 36.4 Å². The standard InChI is InChI=1S/C20H23NO4S/c1-13(10-18-21-15-7-3-4-8-17(15)26-18)16-11-14(12-20(23)25-16)6-5-9-19(22)24-2/h3-5,7-9,13-14,16H,6,10-12H2,1-2H3/b9-5+/t13-,14+,16+/m0/s1. The molecule has 2 aromatic rings. The molecule has 0 bridgehead atoms. The summed E-state index contributed by atoms with van der Waals surface area (Å²) in [5.41, 5.74) is 1.02. The Morgan fingerprint density at radius 2 is 2.27 bits per heavy atom. The van der Waals surface area contributed by atoms with Gasteiger partial charge in [-0.3, -0.25) is 4.79 Å². The monoisotopic (exact) mass is 373 g/mol. The van der Waals surface area contributed by atoms with Gasteiger partial charge in [0.1, 0.15) is 6.10 Å². The number of esters is 2. The van der Waals surface area contributed by atoms with Gasteiger partial charge in [-0.15, -0.1) is 11.3 Å². The lowest BCUT2D eigenvalue weighted by Gasteiger charge is -2.32. The predicted octanol–water partition coefficient (Wildman–Crippen LogP) is 3.92. The highest BCUT2D eigenvalue weighted by molar-refractivity contribution is 7.18. The van der Waals surface area contributed by atoms with E-state index < -0.39 is 0 Å². The molecular formula is C20H23NO4S. The van der Waals surface area contributed by atoms with Crippen molar-refractivity contribution < 1.29 is 19.1 Å². The number of thiazole rings is 1. The number of para-hydroxylation sites is 1. The molecule has 1 saturated heterocycles. The molecule has 0 saturated carbocycles. The van der Waals surface area contributed by atoms with Crippen molar-refractivity contribution in [2.24, 2.45) is 11.8 Å². The number of carbonyl (C=O) groups excluding carboxylic acids is 2. The summed E-state index contributed by atoms with van der Waals surface area (Å²) < 4.78 is 11.4. The maximum absolute atomic E-state index is 12.0. The maximum Gasteiger partial charge on any atom is 0.330 e. The largest absolute Gasteiger partial charge is 0.466 e. The number of hydrogen-bond acceptors (Lipinski definition) is 6. The fraction of sp³-hybridized carbons (Fsp3) is 0.450. The second kappa shape index (κ2) is 8.45. The number of carbonyl (C=O) groups is 2. The Kier molecular flexibility index (Phi) is 6.04. The molecule has 0 N–H and O–H groups in total. The molecule has 138 valence electrons. The SMILES string of the molecule is COC(=O)/C=C/C[C@H]1CC(=O)O[C@@H]([C@@H](C)Cc2nc3ccccc3s2)C1. The zero-order chi connectivity index (χ0) is 18.5. The number of methoxy groups -OCH3 is 1. The molecule has 2 heterocycles. The molecule has 3 rings (SSSR count). The van der Waals surface area contributed by atoms with Gasteiger partial charge in [-0.25, -0.2) is 9.78 Å². The third kappa shape index (κ3) is 4.69. The minimum atomic E-state index is -0.371. The summed E-state index contributed by atoms with van der Waals surface area (Å²) in [4.78, 5) is 27.8. The van der Waals surface area contributed by atoms with Gasteiger partial charge < -0.3 is 9.47 Å². The highest BCUT2D eigenvalue weighted by Crippen LogP contribution is 2.31. The fourth-order valence-electron chi connectivity index (χ4n) is 3.28. The first-order chi connectivity index (χ1) is 12.5. The first-order valence-electron chi connectivity index (χ1n) is 8.83. The van der Waals surface area contributed by atoms with Gasteiger partial charge in [0.2, 0.25) is 0 Å². The van der Waals surface area contributed by atoms with Crippen LogP contribution in [0, 0.1) is 11.8 Å². The number of rotatable bonds is 6. The number of benzene rings is 1. The van der Waals surface area contributed by atoms with Crippen molar-refractivity contribution in [3.63, 3.8) is 0 Å². The first-order valence-corrected chi connectivity index (χ1v) is 9.65. The maximum atomic E-state index is 12.0. The van der Waals surface area contributed by atoms with Crippen molar-refractivity contribution >= 4 is 33.5 Å². The van der Waals surface area contributed by atoms with Gasteiger partial charge in [0.15, 0.2) is 0 Å². The van der Waals surface area contributed by atoms with E-state index in [-0.39, 0.29) is 29.9 Å².